The van der Waals surface area contributed by atoms with Crippen LogP contribution in [-0.4, -0.2) is 14.2 Å². The Labute approximate surface area is 66.8 Å². The minimum absolute atomic E-state index is 0.722. The number of methoxy groups -OCH3 is 2. The Kier molecular flexibility index (Phi) is 2.36. The van der Waals surface area contributed by atoms with Gasteiger partial charge in [0, 0.05) is 0 Å². The van der Waals surface area contributed by atoms with Gasteiger partial charge in [-0.3, -0.25) is 0 Å². The third-order valence-electron chi connectivity index (χ3n) is 1.45. The van der Waals surface area contributed by atoms with Crippen molar-refractivity contribution in [3.05, 3.63) is 30.7 Å². The summed E-state index contributed by atoms with van der Waals surface area (Å²) in [5.41, 5.74) is 0.919. The zero-order valence-corrected chi connectivity index (χ0v) is 6.76. The summed E-state index contributed by atoms with van der Waals surface area (Å²) in [7, 11) is 3.22. The number of hydrogen-bond donors (Lipinski definition) is 0. The van der Waals surface area contributed by atoms with E-state index in [-0.39, 0.29) is 0 Å². The van der Waals surface area contributed by atoms with Gasteiger partial charge in [-0.1, -0.05) is 6.07 Å². The molecule has 2 nitrogen and oxygen atoms in total. The van der Waals surface area contributed by atoms with E-state index in [1.807, 2.05) is 18.2 Å². The molecule has 0 atom stereocenters. The summed E-state index contributed by atoms with van der Waals surface area (Å²) in [4.78, 5) is 0. The van der Waals surface area contributed by atoms with Crippen LogP contribution in [0.3, 0.4) is 0 Å². The largest absolute Gasteiger partial charge is 0.493 e. The van der Waals surface area contributed by atoms with Gasteiger partial charge in [0.25, 0.3) is 0 Å². The molecule has 0 fully saturated rings. The molecule has 0 spiro atoms. The second-order valence-electron chi connectivity index (χ2n) is 2.19. The van der Waals surface area contributed by atoms with Gasteiger partial charge < -0.3 is 9.47 Å². The van der Waals surface area contributed by atoms with Gasteiger partial charge in [0.1, 0.15) is 0 Å². The monoisotopic (exact) mass is 151 g/mol. The second-order valence-corrected chi connectivity index (χ2v) is 2.19. The first-order valence-corrected chi connectivity index (χ1v) is 3.32. The van der Waals surface area contributed by atoms with Crippen LogP contribution in [0.4, 0.5) is 0 Å². The first kappa shape index (κ1) is 7.92. The Morgan fingerprint density at radius 3 is 2.27 bits per heavy atom. The third kappa shape index (κ3) is 1.64. The van der Waals surface area contributed by atoms with Crippen LogP contribution in [0.2, 0.25) is 0 Å². The molecule has 0 unspecified atom stereocenters. The first-order chi connectivity index (χ1) is 5.27. The maximum Gasteiger partial charge on any atom is 0.160 e. The van der Waals surface area contributed by atoms with Crippen molar-refractivity contribution < 1.29 is 9.47 Å². The molecule has 2 heteroatoms. The minimum atomic E-state index is 0.722. The normalized spacial score (nSPS) is 9.36. The Bertz CT molecular complexity index is 243. The highest BCUT2D eigenvalue weighted by molar-refractivity contribution is 5.43. The third-order valence-corrected chi connectivity index (χ3v) is 1.45. The van der Waals surface area contributed by atoms with Crippen LogP contribution < -0.4 is 9.47 Å². The highest BCUT2D eigenvalue weighted by atomic mass is 16.5. The fourth-order valence-electron chi connectivity index (χ4n) is 0.881. The summed E-state index contributed by atoms with van der Waals surface area (Å²) < 4.78 is 10.1. The van der Waals surface area contributed by atoms with Crippen molar-refractivity contribution in [1.29, 1.82) is 0 Å². The molecule has 0 bridgehead atoms. The molecule has 0 saturated carbocycles. The molecule has 1 aromatic carbocycles. The second kappa shape index (κ2) is 3.28. The van der Waals surface area contributed by atoms with Crippen LogP contribution in [-0.2, 0) is 0 Å². The zero-order valence-electron chi connectivity index (χ0n) is 6.76. The van der Waals surface area contributed by atoms with E-state index < -0.39 is 0 Å². The fourth-order valence-corrected chi connectivity index (χ4v) is 0.881. The van der Waals surface area contributed by atoms with E-state index in [1.165, 1.54) is 0 Å². The first-order valence-electron chi connectivity index (χ1n) is 3.32. The van der Waals surface area contributed by atoms with Gasteiger partial charge in [-0.05, 0) is 24.6 Å². The predicted molar refractivity (Wildman–Crippen MR) is 44.0 cm³/mol. The summed E-state index contributed by atoms with van der Waals surface area (Å²) in [6.45, 7) is 3.77. The molecule has 0 aliphatic rings. The molecular formula is C9H11O2. The molecule has 1 aromatic rings. The van der Waals surface area contributed by atoms with E-state index in [0.29, 0.717) is 0 Å². The van der Waals surface area contributed by atoms with Gasteiger partial charge in [-0.25, -0.2) is 0 Å². The number of rotatable bonds is 2. The van der Waals surface area contributed by atoms with Crippen molar-refractivity contribution in [1.82, 2.24) is 0 Å². The van der Waals surface area contributed by atoms with Crippen LogP contribution >= 0.6 is 0 Å². The van der Waals surface area contributed by atoms with Crippen LogP contribution in [0.1, 0.15) is 5.56 Å². The van der Waals surface area contributed by atoms with Crippen molar-refractivity contribution in [2.75, 3.05) is 14.2 Å². The molecule has 11 heavy (non-hydrogen) atoms. The number of benzene rings is 1. The summed E-state index contributed by atoms with van der Waals surface area (Å²) in [5, 5.41) is 0. The molecule has 0 heterocycles. The van der Waals surface area contributed by atoms with Crippen LogP contribution in [0, 0.1) is 6.92 Å². The lowest BCUT2D eigenvalue weighted by atomic mass is 10.2. The Hall–Kier alpha value is -1.18. The Balaban J connectivity index is 3.06. The van der Waals surface area contributed by atoms with E-state index >= 15 is 0 Å². The summed E-state index contributed by atoms with van der Waals surface area (Å²) in [5.74, 6) is 1.46. The minimum Gasteiger partial charge on any atom is -0.493 e. The van der Waals surface area contributed by atoms with Gasteiger partial charge in [0.2, 0.25) is 0 Å². The quantitative estimate of drug-likeness (QED) is 0.642. The van der Waals surface area contributed by atoms with Crippen LogP contribution in [0.5, 0.6) is 11.5 Å². The molecule has 0 saturated heterocycles. The maximum absolute atomic E-state index is 5.05. The van der Waals surface area contributed by atoms with Gasteiger partial charge >= 0.3 is 0 Å². The van der Waals surface area contributed by atoms with Gasteiger partial charge in [0.05, 0.1) is 14.2 Å². The topological polar surface area (TPSA) is 18.5 Å². The maximum atomic E-state index is 5.05. The average molecular weight is 151 g/mol. The van der Waals surface area contributed by atoms with E-state index in [2.05, 4.69) is 6.92 Å². The van der Waals surface area contributed by atoms with Crippen molar-refractivity contribution in [2.24, 2.45) is 0 Å². The van der Waals surface area contributed by atoms with Crippen LogP contribution in [0.15, 0.2) is 18.2 Å². The lowest BCUT2D eigenvalue weighted by Gasteiger charge is -2.06. The zero-order chi connectivity index (χ0) is 8.27. The lowest BCUT2D eigenvalue weighted by molar-refractivity contribution is 0.355. The standard InChI is InChI=1S/C9H11O2/c1-7-4-5-8(10-2)9(6-7)11-3/h4-6H,1H2,2-3H3. The van der Waals surface area contributed by atoms with E-state index in [9.17, 15) is 0 Å². The van der Waals surface area contributed by atoms with Crippen molar-refractivity contribution in [3.63, 3.8) is 0 Å². The Morgan fingerprint density at radius 1 is 1.09 bits per heavy atom. The van der Waals surface area contributed by atoms with E-state index in [0.717, 1.165) is 17.1 Å². The summed E-state index contributed by atoms with van der Waals surface area (Å²) in [6, 6.07) is 5.54. The smallest absolute Gasteiger partial charge is 0.160 e. The summed E-state index contributed by atoms with van der Waals surface area (Å²) >= 11 is 0. The SMILES string of the molecule is [CH2]c1ccc(OC)c(OC)c1. The molecule has 1 radical (unpaired) electrons. The van der Waals surface area contributed by atoms with Crippen molar-refractivity contribution in [2.45, 2.75) is 0 Å². The van der Waals surface area contributed by atoms with Crippen molar-refractivity contribution in [3.8, 4) is 11.5 Å². The van der Waals surface area contributed by atoms with Gasteiger partial charge in [-0.2, -0.15) is 0 Å². The molecule has 0 aromatic heterocycles. The van der Waals surface area contributed by atoms with E-state index in [4.69, 9.17) is 9.47 Å². The number of hydrogen-bond acceptors (Lipinski definition) is 2. The molecule has 59 valence electrons. The van der Waals surface area contributed by atoms with E-state index in [1.54, 1.807) is 14.2 Å². The predicted octanol–water partition coefficient (Wildman–Crippen LogP) is 1.89. The molecule has 0 aliphatic carbocycles. The highest BCUT2D eigenvalue weighted by Crippen LogP contribution is 2.26. The van der Waals surface area contributed by atoms with Gasteiger partial charge in [0.15, 0.2) is 11.5 Å². The molecule has 0 amide bonds. The molecule has 1 rings (SSSR count). The molecule has 0 N–H and O–H groups in total. The number of ether oxygens (including phenoxy) is 2. The van der Waals surface area contributed by atoms with Gasteiger partial charge in [-0.15, -0.1) is 0 Å². The van der Waals surface area contributed by atoms with Crippen molar-refractivity contribution >= 4 is 0 Å². The molecular weight excluding hydrogens is 140 g/mol. The molecule has 0 aliphatic heterocycles. The summed E-state index contributed by atoms with van der Waals surface area (Å²) in [6.07, 6.45) is 0. The van der Waals surface area contributed by atoms with Crippen LogP contribution in [0.25, 0.3) is 0 Å². The Morgan fingerprint density at radius 2 is 1.73 bits per heavy atom. The average Bonchev–Trinajstić information content (AvgIpc) is 2.04. The fraction of sp³-hybridized carbons (Fsp3) is 0.222. The lowest BCUT2D eigenvalue weighted by Crippen LogP contribution is -1.90. The highest BCUT2D eigenvalue weighted by Gasteiger charge is 2.00.